The van der Waals surface area contributed by atoms with E-state index in [1.807, 2.05) is 86.6 Å². The van der Waals surface area contributed by atoms with Gasteiger partial charge in [0.25, 0.3) is 0 Å². The van der Waals surface area contributed by atoms with Gasteiger partial charge in [0.1, 0.15) is 37.9 Å². The first-order valence-electron chi connectivity index (χ1n) is 13.8. The molecule has 4 aromatic rings. The van der Waals surface area contributed by atoms with Crippen molar-refractivity contribution < 1.29 is 28.5 Å². The van der Waals surface area contributed by atoms with Gasteiger partial charge in [0.15, 0.2) is 0 Å². The van der Waals surface area contributed by atoms with Crippen LogP contribution in [0.4, 0.5) is 0 Å². The van der Waals surface area contributed by atoms with Gasteiger partial charge < -0.3 is 18.9 Å². The Morgan fingerprint density at radius 1 is 0.605 bits per heavy atom. The highest BCUT2D eigenvalue weighted by molar-refractivity contribution is 7.99. The summed E-state index contributed by atoms with van der Waals surface area (Å²) in [5.41, 5.74) is 6.01. The van der Waals surface area contributed by atoms with Crippen molar-refractivity contribution in [2.75, 3.05) is 26.4 Å². The second-order valence-corrected chi connectivity index (χ2v) is 10.5. The molecular weight excluding hydrogens is 560 g/mol. The van der Waals surface area contributed by atoms with E-state index in [0.29, 0.717) is 11.5 Å². The van der Waals surface area contributed by atoms with Crippen LogP contribution in [0.25, 0.3) is 22.3 Å². The van der Waals surface area contributed by atoms with E-state index in [2.05, 4.69) is 25.3 Å². The van der Waals surface area contributed by atoms with Crippen LogP contribution in [0.3, 0.4) is 0 Å². The molecule has 4 rings (SSSR count). The topological polar surface area (TPSA) is 71.1 Å². The Morgan fingerprint density at radius 2 is 1.00 bits per heavy atom. The summed E-state index contributed by atoms with van der Waals surface area (Å²) in [6, 6.07) is 28.2. The van der Waals surface area contributed by atoms with Crippen LogP contribution < -0.4 is 9.47 Å². The van der Waals surface area contributed by atoms with Crippen molar-refractivity contribution in [3.8, 4) is 33.8 Å². The highest BCUT2D eigenvalue weighted by atomic mass is 32.2. The zero-order chi connectivity index (χ0) is 30.6. The van der Waals surface area contributed by atoms with Gasteiger partial charge in [0.2, 0.25) is 0 Å². The van der Waals surface area contributed by atoms with E-state index in [0.717, 1.165) is 55.3 Å². The first kappa shape index (κ1) is 31.2. The quantitative estimate of drug-likeness (QED) is 0.0832. The summed E-state index contributed by atoms with van der Waals surface area (Å²) in [5, 5.41) is 0. The molecule has 0 aliphatic rings. The van der Waals surface area contributed by atoms with Crippen molar-refractivity contribution in [1.29, 1.82) is 0 Å². The number of aryl methyl sites for hydroxylation is 2. The normalized spacial score (nSPS) is 10.5. The molecule has 0 N–H and O–H groups in total. The molecule has 0 bridgehead atoms. The molecule has 6 nitrogen and oxygen atoms in total. The fourth-order valence-corrected chi connectivity index (χ4v) is 5.52. The van der Waals surface area contributed by atoms with Gasteiger partial charge >= 0.3 is 11.9 Å². The average Bonchev–Trinajstić information content (AvgIpc) is 3.03. The first-order chi connectivity index (χ1) is 20.9. The third-order valence-electron chi connectivity index (χ3n) is 6.49. The zero-order valence-electron chi connectivity index (χ0n) is 24.3. The number of carbonyl (C=O) groups is 2. The summed E-state index contributed by atoms with van der Waals surface area (Å²) in [6.45, 7) is 11.5. The molecule has 0 saturated carbocycles. The predicted octanol–water partition coefficient (Wildman–Crippen LogP) is 8.00. The molecular formula is C36H34O6S. The lowest BCUT2D eigenvalue weighted by molar-refractivity contribution is -0.139. The van der Waals surface area contributed by atoms with Crippen molar-refractivity contribution in [3.63, 3.8) is 0 Å². The van der Waals surface area contributed by atoms with Crippen molar-refractivity contribution in [2.24, 2.45) is 0 Å². The van der Waals surface area contributed by atoms with Gasteiger partial charge in [-0.25, -0.2) is 9.59 Å². The molecule has 0 amide bonds. The van der Waals surface area contributed by atoms with Gasteiger partial charge in [0.05, 0.1) is 9.79 Å². The fraction of sp³-hybridized carbons (Fsp3) is 0.167. The number of rotatable bonds is 14. The first-order valence-corrected chi connectivity index (χ1v) is 14.6. The Balaban J connectivity index is 1.77. The Morgan fingerprint density at radius 3 is 1.37 bits per heavy atom. The van der Waals surface area contributed by atoms with Crippen LogP contribution in [-0.2, 0) is 19.1 Å². The molecule has 0 heterocycles. The SMILES string of the molecule is C=CC(=O)OCCOc1c(Sc2ccc(C)c(-c3ccccc3)c2OCCOC(=O)C=C)ccc(C)c1-c1ccccc1. The number of esters is 2. The second kappa shape index (κ2) is 15.5. The molecule has 0 aliphatic carbocycles. The van der Waals surface area contributed by atoms with E-state index in [-0.39, 0.29) is 26.4 Å². The van der Waals surface area contributed by atoms with Crippen LogP contribution in [0.15, 0.2) is 120 Å². The molecule has 7 heteroatoms. The maximum Gasteiger partial charge on any atom is 0.330 e. The largest absolute Gasteiger partial charge is 0.488 e. The molecule has 43 heavy (non-hydrogen) atoms. The summed E-state index contributed by atoms with van der Waals surface area (Å²) >= 11 is 1.52. The Kier molecular flexibility index (Phi) is 11.2. The smallest absolute Gasteiger partial charge is 0.330 e. The highest BCUT2D eigenvalue weighted by Crippen LogP contribution is 2.48. The summed E-state index contributed by atoms with van der Waals surface area (Å²) in [7, 11) is 0. The van der Waals surface area contributed by atoms with Gasteiger partial charge in [-0.1, -0.05) is 97.7 Å². The Bertz CT molecular complexity index is 1460. The van der Waals surface area contributed by atoms with Crippen molar-refractivity contribution >= 4 is 23.7 Å². The average molecular weight is 595 g/mol. The maximum absolute atomic E-state index is 11.6. The molecule has 0 saturated heterocycles. The van der Waals surface area contributed by atoms with Crippen LogP contribution in [0.5, 0.6) is 11.5 Å². The van der Waals surface area contributed by atoms with Gasteiger partial charge in [0, 0.05) is 23.3 Å². The molecule has 0 atom stereocenters. The van der Waals surface area contributed by atoms with Crippen molar-refractivity contribution in [2.45, 2.75) is 23.6 Å². The van der Waals surface area contributed by atoms with Gasteiger partial charge in [-0.3, -0.25) is 0 Å². The third-order valence-corrected chi connectivity index (χ3v) is 7.57. The molecule has 0 unspecified atom stereocenters. The molecule has 0 radical (unpaired) electrons. The van der Waals surface area contributed by atoms with E-state index in [4.69, 9.17) is 18.9 Å². The standard InChI is InChI=1S/C36H34O6S/c1-5-31(37)39-21-23-41-35-29(19-17-25(3)33(35)27-13-9-7-10-14-27)43-30-20-18-26(4)34(28-15-11-8-12-16-28)36(30)42-24-22-40-32(38)6-2/h5-20H,1-2,21-24H2,3-4H3. The fourth-order valence-electron chi connectivity index (χ4n) is 4.51. The van der Waals surface area contributed by atoms with E-state index >= 15 is 0 Å². The number of carbonyl (C=O) groups excluding carboxylic acids is 2. The minimum atomic E-state index is -0.501. The van der Waals surface area contributed by atoms with E-state index < -0.39 is 11.9 Å². The summed E-state index contributed by atoms with van der Waals surface area (Å²) < 4.78 is 23.0. The maximum atomic E-state index is 11.6. The lowest BCUT2D eigenvalue weighted by atomic mass is 9.99. The summed E-state index contributed by atoms with van der Waals surface area (Å²) in [5.74, 6) is 0.357. The van der Waals surface area contributed by atoms with Crippen LogP contribution in [0, 0.1) is 13.8 Å². The van der Waals surface area contributed by atoms with E-state index in [1.165, 1.54) is 11.8 Å². The Hall–Kier alpha value is -4.75. The summed E-state index contributed by atoms with van der Waals surface area (Å²) in [6.07, 6.45) is 2.26. The van der Waals surface area contributed by atoms with Crippen LogP contribution in [-0.4, -0.2) is 38.4 Å². The van der Waals surface area contributed by atoms with E-state index in [1.54, 1.807) is 0 Å². The monoisotopic (exact) mass is 594 g/mol. The number of benzene rings is 4. The molecule has 0 spiro atoms. The second-order valence-electron chi connectivity index (χ2n) is 9.44. The van der Waals surface area contributed by atoms with E-state index in [9.17, 15) is 9.59 Å². The van der Waals surface area contributed by atoms with Gasteiger partial charge in [-0.2, -0.15) is 0 Å². The minimum Gasteiger partial charge on any atom is -0.488 e. The Labute approximate surface area is 257 Å². The molecule has 0 fully saturated rings. The predicted molar refractivity (Wildman–Crippen MR) is 171 cm³/mol. The zero-order valence-corrected chi connectivity index (χ0v) is 25.2. The number of hydrogen-bond donors (Lipinski definition) is 0. The molecule has 0 aromatic heterocycles. The molecule has 4 aromatic carbocycles. The third kappa shape index (κ3) is 8.17. The highest BCUT2D eigenvalue weighted by Gasteiger charge is 2.21. The molecule has 220 valence electrons. The number of hydrogen-bond acceptors (Lipinski definition) is 7. The minimum absolute atomic E-state index is 0.0810. The van der Waals surface area contributed by atoms with Crippen molar-refractivity contribution in [1.82, 2.24) is 0 Å². The van der Waals surface area contributed by atoms with Crippen LogP contribution >= 0.6 is 11.8 Å². The lowest BCUT2D eigenvalue weighted by Gasteiger charge is -2.21. The van der Waals surface area contributed by atoms with Gasteiger partial charge in [-0.05, 0) is 48.2 Å². The van der Waals surface area contributed by atoms with Crippen LogP contribution in [0.2, 0.25) is 0 Å². The number of ether oxygens (including phenoxy) is 4. The molecule has 0 aliphatic heterocycles. The summed E-state index contributed by atoms with van der Waals surface area (Å²) in [4.78, 5) is 24.9. The van der Waals surface area contributed by atoms with Gasteiger partial charge in [-0.15, -0.1) is 0 Å². The van der Waals surface area contributed by atoms with Crippen molar-refractivity contribution in [3.05, 3.63) is 121 Å². The van der Waals surface area contributed by atoms with Crippen LogP contribution in [0.1, 0.15) is 11.1 Å². The lowest BCUT2D eigenvalue weighted by Crippen LogP contribution is -2.12.